The molecule has 1 aliphatic rings. The van der Waals surface area contributed by atoms with Crippen LogP contribution in [0.15, 0.2) is 29.8 Å². The summed E-state index contributed by atoms with van der Waals surface area (Å²) in [6.45, 7) is 3.75. The maximum absolute atomic E-state index is 11.6. The van der Waals surface area contributed by atoms with E-state index in [9.17, 15) is 14.9 Å². The van der Waals surface area contributed by atoms with Crippen LogP contribution in [0, 0.1) is 10.1 Å². The first kappa shape index (κ1) is 12.3. The molecule has 0 saturated carbocycles. The van der Waals surface area contributed by atoms with Gasteiger partial charge in [-0.25, -0.2) is 5.43 Å². The van der Waals surface area contributed by atoms with Crippen molar-refractivity contribution in [2.45, 2.75) is 19.4 Å². The highest BCUT2D eigenvalue weighted by Gasteiger charge is 2.34. The van der Waals surface area contributed by atoms with E-state index in [0.717, 1.165) is 5.56 Å². The average molecular weight is 247 g/mol. The van der Waals surface area contributed by atoms with Gasteiger partial charge in [-0.3, -0.25) is 20.3 Å². The third-order valence-electron chi connectivity index (χ3n) is 2.82. The van der Waals surface area contributed by atoms with Gasteiger partial charge in [0.1, 0.15) is 0 Å². The highest BCUT2D eigenvalue weighted by molar-refractivity contribution is 6.01. The fraction of sp³-hybridized carbons (Fsp3) is 0.250. The van der Waals surface area contributed by atoms with Gasteiger partial charge in [-0.1, -0.05) is 0 Å². The summed E-state index contributed by atoms with van der Waals surface area (Å²) in [5, 5.41) is 10.5. The molecular weight excluding hydrogens is 234 g/mol. The summed E-state index contributed by atoms with van der Waals surface area (Å²) >= 11 is 0. The summed E-state index contributed by atoms with van der Waals surface area (Å²) < 4.78 is 0. The van der Waals surface area contributed by atoms with Gasteiger partial charge in [0.15, 0.2) is 0 Å². The third kappa shape index (κ3) is 2.23. The van der Waals surface area contributed by atoms with Crippen molar-refractivity contribution < 1.29 is 9.72 Å². The Hall–Kier alpha value is -2.21. The van der Waals surface area contributed by atoms with E-state index in [-0.39, 0.29) is 11.6 Å². The molecule has 0 bridgehead atoms. The van der Waals surface area contributed by atoms with Crippen molar-refractivity contribution in [2.75, 3.05) is 0 Å². The lowest BCUT2D eigenvalue weighted by atomic mass is 9.94. The van der Waals surface area contributed by atoms with E-state index < -0.39 is 10.5 Å². The fourth-order valence-corrected chi connectivity index (χ4v) is 1.74. The van der Waals surface area contributed by atoms with Crippen LogP contribution >= 0.6 is 0 Å². The number of non-ortho nitro benzene ring substituents is 1. The lowest BCUT2D eigenvalue weighted by molar-refractivity contribution is -0.384. The number of hydrazine groups is 1. The average Bonchev–Trinajstić information content (AvgIpc) is 2.57. The number of nitro benzene ring substituents is 1. The standard InChI is InChI=1S/C12H13N3O3/c1-12(2)10(11(16)13-14-12)7-8-3-5-9(6-4-8)15(17)18/h3-7,14H,1-2H3,(H,13,16)/b10-7+. The molecule has 2 rings (SSSR count). The Morgan fingerprint density at radius 2 is 1.89 bits per heavy atom. The van der Waals surface area contributed by atoms with Crippen molar-refractivity contribution in [3.63, 3.8) is 0 Å². The predicted octanol–water partition coefficient (Wildman–Crippen LogP) is 1.39. The number of hydrogen-bond donors (Lipinski definition) is 2. The van der Waals surface area contributed by atoms with Gasteiger partial charge in [0.05, 0.1) is 10.5 Å². The number of nitrogens with zero attached hydrogens (tertiary/aromatic N) is 1. The van der Waals surface area contributed by atoms with Gasteiger partial charge in [-0.05, 0) is 37.6 Å². The van der Waals surface area contributed by atoms with Crippen LogP contribution in [-0.2, 0) is 4.79 Å². The first-order chi connectivity index (χ1) is 8.40. The summed E-state index contributed by atoms with van der Waals surface area (Å²) in [6.07, 6.45) is 1.72. The molecule has 1 amide bonds. The van der Waals surface area contributed by atoms with Crippen LogP contribution in [0.2, 0.25) is 0 Å². The topological polar surface area (TPSA) is 84.3 Å². The first-order valence-corrected chi connectivity index (χ1v) is 5.44. The number of amides is 1. The lowest BCUT2D eigenvalue weighted by Crippen LogP contribution is -2.38. The molecule has 1 fully saturated rings. The zero-order chi connectivity index (χ0) is 13.3. The Balaban J connectivity index is 2.33. The quantitative estimate of drug-likeness (QED) is 0.470. The minimum Gasteiger partial charge on any atom is -0.287 e. The maximum atomic E-state index is 11.6. The highest BCUT2D eigenvalue weighted by atomic mass is 16.6. The number of rotatable bonds is 2. The van der Waals surface area contributed by atoms with Crippen LogP contribution in [0.3, 0.4) is 0 Å². The molecule has 0 radical (unpaired) electrons. The van der Waals surface area contributed by atoms with Gasteiger partial charge in [-0.15, -0.1) is 0 Å². The summed E-state index contributed by atoms with van der Waals surface area (Å²) in [7, 11) is 0. The molecule has 0 aromatic heterocycles. The van der Waals surface area contributed by atoms with Gasteiger partial charge in [0.2, 0.25) is 0 Å². The Labute approximate surface area is 104 Å². The van der Waals surface area contributed by atoms with Crippen molar-refractivity contribution in [3.05, 3.63) is 45.5 Å². The summed E-state index contributed by atoms with van der Waals surface area (Å²) in [5.74, 6) is -0.182. The summed E-state index contributed by atoms with van der Waals surface area (Å²) in [5.41, 5.74) is 6.33. The zero-order valence-corrected chi connectivity index (χ0v) is 10.1. The second-order valence-electron chi connectivity index (χ2n) is 4.61. The third-order valence-corrected chi connectivity index (χ3v) is 2.82. The Morgan fingerprint density at radius 3 is 2.33 bits per heavy atom. The van der Waals surface area contributed by atoms with E-state index >= 15 is 0 Å². The molecule has 2 N–H and O–H groups in total. The SMILES string of the molecule is CC1(C)NNC(=O)/C1=C\c1ccc([N+](=O)[O-])cc1. The van der Waals surface area contributed by atoms with Crippen LogP contribution in [-0.4, -0.2) is 16.4 Å². The van der Waals surface area contributed by atoms with Crippen molar-refractivity contribution >= 4 is 17.7 Å². The second-order valence-corrected chi connectivity index (χ2v) is 4.61. The molecule has 1 aromatic carbocycles. The van der Waals surface area contributed by atoms with Crippen molar-refractivity contribution in [2.24, 2.45) is 0 Å². The van der Waals surface area contributed by atoms with E-state index in [0.29, 0.717) is 5.57 Å². The minimum atomic E-state index is -0.459. The minimum absolute atomic E-state index is 0.0328. The predicted molar refractivity (Wildman–Crippen MR) is 66.4 cm³/mol. The molecular formula is C12H13N3O3. The van der Waals surface area contributed by atoms with Crippen LogP contribution < -0.4 is 10.9 Å². The van der Waals surface area contributed by atoms with Crippen LogP contribution in [0.25, 0.3) is 6.08 Å². The second kappa shape index (κ2) is 4.23. The van der Waals surface area contributed by atoms with Gasteiger partial charge >= 0.3 is 0 Å². The molecule has 0 unspecified atom stereocenters. The first-order valence-electron chi connectivity index (χ1n) is 5.44. The normalized spacial score (nSPS) is 19.9. The number of benzene rings is 1. The Bertz CT molecular complexity index is 532. The molecule has 94 valence electrons. The molecule has 1 aromatic rings. The van der Waals surface area contributed by atoms with Gasteiger partial charge in [0.25, 0.3) is 11.6 Å². The van der Waals surface area contributed by atoms with Gasteiger partial charge < -0.3 is 0 Å². The van der Waals surface area contributed by atoms with Crippen molar-refractivity contribution in [1.82, 2.24) is 10.9 Å². The number of carbonyl (C=O) groups excluding carboxylic acids is 1. The zero-order valence-electron chi connectivity index (χ0n) is 10.1. The molecule has 6 heteroatoms. The molecule has 0 aliphatic carbocycles. The molecule has 1 heterocycles. The maximum Gasteiger partial charge on any atom is 0.269 e. The van der Waals surface area contributed by atoms with Crippen LogP contribution in [0.5, 0.6) is 0 Å². The number of nitro groups is 1. The smallest absolute Gasteiger partial charge is 0.269 e. The molecule has 0 atom stereocenters. The highest BCUT2D eigenvalue weighted by Crippen LogP contribution is 2.23. The number of hydrogen-bond acceptors (Lipinski definition) is 4. The van der Waals surface area contributed by atoms with E-state index in [2.05, 4.69) is 10.9 Å². The van der Waals surface area contributed by atoms with E-state index in [1.54, 1.807) is 18.2 Å². The summed E-state index contributed by atoms with van der Waals surface area (Å²) in [6, 6.07) is 6.07. The van der Waals surface area contributed by atoms with Crippen molar-refractivity contribution in [1.29, 1.82) is 0 Å². The molecule has 1 aliphatic heterocycles. The number of nitrogens with one attached hydrogen (secondary N) is 2. The van der Waals surface area contributed by atoms with Gasteiger partial charge in [0, 0.05) is 17.7 Å². The monoisotopic (exact) mass is 247 g/mol. The van der Waals surface area contributed by atoms with E-state index in [1.165, 1.54) is 12.1 Å². The molecule has 18 heavy (non-hydrogen) atoms. The largest absolute Gasteiger partial charge is 0.287 e. The Morgan fingerprint density at radius 1 is 1.28 bits per heavy atom. The van der Waals surface area contributed by atoms with Crippen LogP contribution in [0.4, 0.5) is 5.69 Å². The fourth-order valence-electron chi connectivity index (χ4n) is 1.74. The molecule has 0 spiro atoms. The number of carbonyl (C=O) groups is 1. The summed E-state index contributed by atoms with van der Waals surface area (Å²) in [4.78, 5) is 21.7. The van der Waals surface area contributed by atoms with E-state index in [1.807, 2.05) is 13.8 Å². The molecule has 6 nitrogen and oxygen atoms in total. The van der Waals surface area contributed by atoms with E-state index in [4.69, 9.17) is 0 Å². The van der Waals surface area contributed by atoms with Crippen LogP contribution in [0.1, 0.15) is 19.4 Å². The van der Waals surface area contributed by atoms with Gasteiger partial charge in [-0.2, -0.15) is 0 Å². The lowest BCUT2D eigenvalue weighted by Gasteiger charge is -2.16. The Kier molecular flexibility index (Phi) is 2.88. The molecule has 1 saturated heterocycles. The van der Waals surface area contributed by atoms with Crippen molar-refractivity contribution in [3.8, 4) is 0 Å².